The molecule has 1 spiro atoms. The lowest BCUT2D eigenvalue weighted by molar-refractivity contribution is 0.246. The summed E-state index contributed by atoms with van der Waals surface area (Å²) in [7, 11) is -3.41. The molecule has 0 atom stereocenters. The first kappa shape index (κ1) is 13.9. The fraction of sp³-hybridized carbons (Fsp3) is 0.571. The van der Waals surface area contributed by atoms with E-state index in [1.807, 2.05) is 13.0 Å². The number of allylic oxidation sites excluding steroid dienone is 2. The molecule has 2 N–H and O–H groups in total. The molecule has 0 aliphatic carbocycles. The molecule has 3 aliphatic rings. The van der Waals surface area contributed by atoms with Crippen molar-refractivity contribution in [2.45, 2.75) is 19.8 Å². The van der Waals surface area contributed by atoms with E-state index in [0.29, 0.717) is 13.1 Å². The van der Waals surface area contributed by atoms with Crippen molar-refractivity contribution in [1.82, 2.24) is 14.3 Å². The van der Waals surface area contributed by atoms with Gasteiger partial charge in [0.25, 0.3) is 0 Å². The van der Waals surface area contributed by atoms with Crippen LogP contribution < -0.4 is 10.0 Å². The number of hydrogen-bond donors (Lipinski definition) is 2. The molecule has 0 unspecified atom stereocenters. The minimum absolute atomic E-state index is 0.0604. The van der Waals surface area contributed by atoms with Gasteiger partial charge in [-0.3, -0.25) is 4.31 Å². The second-order valence-electron chi connectivity index (χ2n) is 5.73. The van der Waals surface area contributed by atoms with Crippen LogP contribution in [0.25, 0.3) is 0 Å². The van der Waals surface area contributed by atoms with Crippen molar-refractivity contribution in [2.75, 3.05) is 26.2 Å². The number of fused-ring (bicyclic) bond motifs is 1. The number of nitrogens with zero attached hydrogens (tertiary/aromatic N) is 1. The first-order chi connectivity index (χ1) is 9.50. The summed E-state index contributed by atoms with van der Waals surface area (Å²) in [4.78, 5) is 0. The van der Waals surface area contributed by atoms with E-state index in [1.54, 1.807) is 0 Å². The highest BCUT2D eigenvalue weighted by atomic mass is 32.2. The summed E-state index contributed by atoms with van der Waals surface area (Å²) in [5.41, 5.74) is 2.78. The average molecular weight is 295 g/mol. The lowest BCUT2D eigenvalue weighted by atomic mass is 9.73. The van der Waals surface area contributed by atoms with Crippen molar-refractivity contribution in [3.05, 3.63) is 35.6 Å². The Morgan fingerprint density at radius 1 is 1.35 bits per heavy atom. The van der Waals surface area contributed by atoms with Gasteiger partial charge in [-0.1, -0.05) is 18.7 Å². The predicted molar refractivity (Wildman–Crippen MR) is 79.1 cm³/mol. The highest BCUT2D eigenvalue weighted by Gasteiger charge is 2.49. The molecule has 3 aliphatic heterocycles. The zero-order chi connectivity index (χ0) is 14.4. The van der Waals surface area contributed by atoms with E-state index in [0.717, 1.165) is 42.8 Å². The predicted octanol–water partition coefficient (Wildman–Crippen LogP) is 0.906. The molecule has 6 heteroatoms. The molecule has 110 valence electrons. The monoisotopic (exact) mass is 295 g/mol. The number of rotatable bonds is 1. The Morgan fingerprint density at radius 3 is 2.70 bits per heavy atom. The lowest BCUT2D eigenvalue weighted by Crippen LogP contribution is -2.47. The van der Waals surface area contributed by atoms with Crippen LogP contribution in [0, 0.1) is 5.41 Å². The summed E-state index contributed by atoms with van der Waals surface area (Å²) in [6, 6.07) is 0. The average Bonchev–Trinajstić information content (AvgIpc) is 2.73. The van der Waals surface area contributed by atoms with E-state index in [-0.39, 0.29) is 5.41 Å². The van der Waals surface area contributed by atoms with Crippen LogP contribution in [-0.2, 0) is 10.2 Å². The van der Waals surface area contributed by atoms with Crippen LogP contribution in [0.5, 0.6) is 0 Å². The van der Waals surface area contributed by atoms with Crippen LogP contribution in [0.1, 0.15) is 19.8 Å². The summed E-state index contributed by atoms with van der Waals surface area (Å²) >= 11 is 0. The van der Waals surface area contributed by atoms with Gasteiger partial charge < -0.3 is 5.32 Å². The van der Waals surface area contributed by atoms with E-state index >= 15 is 0 Å². The van der Waals surface area contributed by atoms with Gasteiger partial charge >= 0.3 is 10.2 Å². The van der Waals surface area contributed by atoms with Crippen molar-refractivity contribution in [2.24, 2.45) is 5.41 Å². The third-order valence-corrected chi connectivity index (χ3v) is 5.91. The maximum Gasteiger partial charge on any atom is 0.301 e. The molecule has 3 heterocycles. The Kier molecular flexibility index (Phi) is 3.27. The van der Waals surface area contributed by atoms with E-state index in [4.69, 9.17) is 0 Å². The van der Waals surface area contributed by atoms with Gasteiger partial charge in [0.15, 0.2) is 0 Å². The molecule has 0 bridgehead atoms. The molecule has 0 saturated carbocycles. The maximum absolute atomic E-state index is 12.3. The molecule has 0 radical (unpaired) electrons. The van der Waals surface area contributed by atoms with Gasteiger partial charge in [0.1, 0.15) is 0 Å². The molecule has 20 heavy (non-hydrogen) atoms. The fourth-order valence-corrected chi connectivity index (χ4v) is 4.89. The second kappa shape index (κ2) is 4.72. The van der Waals surface area contributed by atoms with Crippen LogP contribution in [0.2, 0.25) is 0 Å². The second-order valence-corrected chi connectivity index (χ2v) is 7.41. The van der Waals surface area contributed by atoms with Crippen molar-refractivity contribution < 1.29 is 8.42 Å². The summed E-state index contributed by atoms with van der Waals surface area (Å²) in [6.45, 7) is 8.75. The van der Waals surface area contributed by atoms with Crippen LogP contribution in [0.3, 0.4) is 0 Å². The van der Waals surface area contributed by atoms with Gasteiger partial charge in [0, 0.05) is 18.5 Å². The Labute approximate surface area is 120 Å². The third kappa shape index (κ3) is 1.94. The first-order valence-electron chi connectivity index (χ1n) is 7.04. The summed E-state index contributed by atoms with van der Waals surface area (Å²) in [6.07, 6.45) is 6.01. The van der Waals surface area contributed by atoms with Crippen LogP contribution in [0.15, 0.2) is 35.6 Å². The van der Waals surface area contributed by atoms with E-state index < -0.39 is 10.2 Å². The number of piperidine rings is 1. The van der Waals surface area contributed by atoms with E-state index in [9.17, 15) is 8.42 Å². The minimum Gasteiger partial charge on any atom is -0.317 e. The van der Waals surface area contributed by atoms with Gasteiger partial charge in [0.2, 0.25) is 0 Å². The Balaban J connectivity index is 2.15. The first-order valence-corrected chi connectivity index (χ1v) is 8.48. The van der Waals surface area contributed by atoms with Crippen LogP contribution in [0.4, 0.5) is 0 Å². The molecule has 2 saturated heterocycles. The Hall–Kier alpha value is -1.11. The van der Waals surface area contributed by atoms with Gasteiger partial charge in [-0.05, 0) is 44.0 Å². The lowest BCUT2D eigenvalue weighted by Gasteiger charge is -2.36. The highest BCUT2D eigenvalue weighted by Crippen LogP contribution is 2.49. The standard InChI is InChI=1S/C14H21N3O2S/c1-3-4-12-13-11(2)9-16-20(18,19)17(13)10-14(12)5-7-15-8-6-14/h3-4,15-16H,2,5-10H2,1H3/b4-3-. The van der Waals surface area contributed by atoms with E-state index in [2.05, 4.69) is 22.7 Å². The molecule has 5 nitrogen and oxygen atoms in total. The zero-order valence-electron chi connectivity index (χ0n) is 11.8. The Bertz CT molecular complexity index is 598. The van der Waals surface area contributed by atoms with Crippen molar-refractivity contribution in [3.8, 4) is 0 Å². The SMILES string of the molecule is C=C1CNS(=O)(=O)N2CC3(CCNCC3)C(/C=C\C)=C12. The molecule has 3 rings (SSSR count). The summed E-state index contributed by atoms with van der Waals surface area (Å²) in [5.74, 6) is 0. The van der Waals surface area contributed by atoms with Gasteiger partial charge in [0.05, 0.1) is 5.70 Å². The molecule has 0 aromatic carbocycles. The van der Waals surface area contributed by atoms with Crippen molar-refractivity contribution >= 4 is 10.2 Å². The molecule has 0 aromatic rings. The maximum atomic E-state index is 12.3. The minimum atomic E-state index is -3.41. The van der Waals surface area contributed by atoms with Crippen LogP contribution >= 0.6 is 0 Å². The normalized spacial score (nSPS) is 28.4. The zero-order valence-corrected chi connectivity index (χ0v) is 12.6. The van der Waals surface area contributed by atoms with Gasteiger partial charge in [-0.2, -0.15) is 13.1 Å². The van der Waals surface area contributed by atoms with Crippen molar-refractivity contribution in [1.29, 1.82) is 0 Å². The number of nitrogens with one attached hydrogen (secondary N) is 2. The van der Waals surface area contributed by atoms with Crippen LogP contribution in [-0.4, -0.2) is 38.9 Å². The van der Waals surface area contributed by atoms with Gasteiger partial charge in [-0.25, -0.2) is 0 Å². The highest BCUT2D eigenvalue weighted by molar-refractivity contribution is 7.87. The number of hydrogen-bond acceptors (Lipinski definition) is 3. The molecule has 0 amide bonds. The summed E-state index contributed by atoms with van der Waals surface area (Å²) < 4.78 is 28.7. The van der Waals surface area contributed by atoms with Gasteiger partial charge in [-0.15, -0.1) is 0 Å². The topological polar surface area (TPSA) is 61.4 Å². The fourth-order valence-electron chi connectivity index (χ4n) is 3.49. The Morgan fingerprint density at radius 2 is 2.05 bits per heavy atom. The molecule has 2 fully saturated rings. The molecular formula is C14H21N3O2S. The largest absolute Gasteiger partial charge is 0.317 e. The molecule has 0 aromatic heterocycles. The molecular weight excluding hydrogens is 274 g/mol. The smallest absolute Gasteiger partial charge is 0.301 e. The van der Waals surface area contributed by atoms with E-state index in [1.165, 1.54) is 4.31 Å². The third-order valence-electron chi connectivity index (χ3n) is 4.51. The quantitative estimate of drug-likeness (QED) is 0.756. The van der Waals surface area contributed by atoms with Crippen molar-refractivity contribution in [3.63, 3.8) is 0 Å². The summed E-state index contributed by atoms with van der Waals surface area (Å²) in [5, 5.41) is 3.36.